The van der Waals surface area contributed by atoms with Crippen molar-refractivity contribution in [2.75, 3.05) is 0 Å². The minimum Gasteiger partial charge on any atom is -0.507 e. The molecule has 0 amide bonds. The van der Waals surface area contributed by atoms with Gasteiger partial charge in [-0.3, -0.25) is 0 Å². The zero-order valence-corrected chi connectivity index (χ0v) is 10.8. The van der Waals surface area contributed by atoms with Crippen molar-refractivity contribution in [1.29, 1.82) is 0 Å². The van der Waals surface area contributed by atoms with Crippen LogP contribution >= 0.6 is 0 Å². The van der Waals surface area contributed by atoms with Gasteiger partial charge in [0.15, 0.2) is 0 Å². The second-order valence-electron chi connectivity index (χ2n) is 4.33. The van der Waals surface area contributed by atoms with Crippen LogP contribution in [0, 0.1) is 0 Å². The maximum atomic E-state index is 10.4. The Balaban J connectivity index is 2.72. The summed E-state index contributed by atoms with van der Waals surface area (Å²) in [5, 5.41) is 20.3. The summed E-state index contributed by atoms with van der Waals surface area (Å²) < 4.78 is 0. The Morgan fingerprint density at radius 2 is 1.44 bits per heavy atom. The van der Waals surface area contributed by atoms with Gasteiger partial charge < -0.3 is 10.2 Å². The molecule has 2 N–H and O–H groups in total. The number of aromatic hydroxyl groups is 2. The Hall–Kier alpha value is -1.96. The zero-order chi connectivity index (χ0) is 13.1. The summed E-state index contributed by atoms with van der Waals surface area (Å²) >= 11 is 0. The number of phenols is 2. The summed E-state index contributed by atoms with van der Waals surface area (Å²) in [7, 11) is 0. The van der Waals surface area contributed by atoms with Crippen molar-refractivity contribution in [3.05, 3.63) is 47.5 Å². The van der Waals surface area contributed by atoms with Crippen LogP contribution < -0.4 is 0 Å². The molecule has 0 aromatic heterocycles. The van der Waals surface area contributed by atoms with Crippen LogP contribution in [0.15, 0.2) is 36.4 Å². The van der Waals surface area contributed by atoms with Gasteiger partial charge in [-0.25, -0.2) is 0 Å². The van der Waals surface area contributed by atoms with Crippen LogP contribution in [0.3, 0.4) is 0 Å². The fourth-order valence-electron chi connectivity index (χ4n) is 2.24. The van der Waals surface area contributed by atoms with E-state index in [9.17, 15) is 10.2 Å². The van der Waals surface area contributed by atoms with E-state index in [1.807, 2.05) is 38.1 Å². The summed E-state index contributed by atoms with van der Waals surface area (Å²) in [5.74, 6) is 0.495. The average molecular weight is 242 g/mol. The molecule has 94 valence electrons. The molecule has 2 nitrogen and oxygen atoms in total. The molecule has 2 rings (SSSR count). The molecule has 0 radical (unpaired) electrons. The van der Waals surface area contributed by atoms with Crippen LogP contribution in [-0.4, -0.2) is 10.2 Å². The Bertz CT molecular complexity index is 559. The lowest BCUT2D eigenvalue weighted by molar-refractivity contribution is 0.464. The van der Waals surface area contributed by atoms with Gasteiger partial charge in [-0.15, -0.1) is 0 Å². The highest BCUT2D eigenvalue weighted by Crippen LogP contribution is 2.40. The molecule has 0 fully saturated rings. The number of benzene rings is 2. The molecule has 0 aliphatic carbocycles. The van der Waals surface area contributed by atoms with Crippen LogP contribution in [-0.2, 0) is 12.8 Å². The van der Waals surface area contributed by atoms with Crippen molar-refractivity contribution in [2.24, 2.45) is 0 Å². The fourth-order valence-corrected chi connectivity index (χ4v) is 2.24. The number of rotatable bonds is 3. The van der Waals surface area contributed by atoms with Gasteiger partial charge in [-0.1, -0.05) is 44.2 Å². The van der Waals surface area contributed by atoms with E-state index in [1.165, 1.54) is 0 Å². The molecular formula is C16H18O2. The minimum atomic E-state index is 0.204. The lowest BCUT2D eigenvalue weighted by atomic mass is 9.93. The van der Waals surface area contributed by atoms with E-state index in [0.29, 0.717) is 11.3 Å². The van der Waals surface area contributed by atoms with Gasteiger partial charge in [0.05, 0.1) is 0 Å². The van der Waals surface area contributed by atoms with E-state index in [2.05, 4.69) is 0 Å². The Morgan fingerprint density at radius 1 is 0.833 bits per heavy atom. The number of aryl methyl sites for hydroxylation is 2. The number of hydrogen-bond donors (Lipinski definition) is 2. The SMILES string of the molecule is CCc1ccc(CC)c(-c2ccccc2O)c1O. The van der Waals surface area contributed by atoms with Crippen LogP contribution in [0.2, 0.25) is 0 Å². The van der Waals surface area contributed by atoms with Gasteiger partial charge in [-0.2, -0.15) is 0 Å². The van der Waals surface area contributed by atoms with Gasteiger partial charge in [0.2, 0.25) is 0 Å². The van der Waals surface area contributed by atoms with Crippen LogP contribution in [0.25, 0.3) is 11.1 Å². The number of hydrogen-bond acceptors (Lipinski definition) is 2. The second-order valence-corrected chi connectivity index (χ2v) is 4.33. The third kappa shape index (κ3) is 2.06. The number of phenolic OH excluding ortho intramolecular Hbond substituents is 2. The molecule has 18 heavy (non-hydrogen) atoms. The molecule has 0 spiro atoms. The standard InChI is InChI=1S/C16H18O2/c1-3-11-9-10-12(4-2)16(18)15(11)13-7-5-6-8-14(13)17/h5-10,17-18H,3-4H2,1-2H3. The third-order valence-electron chi connectivity index (χ3n) is 3.28. The summed E-state index contributed by atoms with van der Waals surface area (Å²) in [6.07, 6.45) is 1.59. The average Bonchev–Trinajstić information content (AvgIpc) is 2.39. The molecule has 0 saturated carbocycles. The first-order chi connectivity index (χ1) is 8.69. The molecule has 2 heteroatoms. The molecular weight excluding hydrogens is 224 g/mol. The number of para-hydroxylation sites is 1. The van der Waals surface area contributed by atoms with Crippen LogP contribution in [0.4, 0.5) is 0 Å². The largest absolute Gasteiger partial charge is 0.507 e. The predicted octanol–water partition coefficient (Wildman–Crippen LogP) is 3.89. The highest BCUT2D eigenvalue weighted by atomic mass is 16.3. The predicted molar refractivity (Wildman–Crippen MR) is 74.0 cm³/mol. The van der Waals surface area contributed by atoms with Gasteiger partial charge >= 0.3 is 0 Å². The first kappa shape index (κ1) is 12.5. The molecule has 2 aromatic rings. The first-order valence-corrected chi connectivity index (χ1v) is 6.31. The van der Waals surface area contributed by atoms with Crippen molar-refractivity contribution >= 4 is 0 Å². The van der Waals surface area contributed by atoms with Crippen molar-refractivity contribution in [3.63, 3.8) is 0 Å². The first-order valence-electron chi connectivity index (χ1n) is 6.31. The molecule has 2 aromatic carbocycles. The maximum absolute atomic E-state index is 10.4. The molecule has 0 saturated heterocycles. The summed E-state index contributed by atoms with van der Waals surface area (Å²) in [4.78, 5) is 0. The van der Waals surface area contributed by atoms with Crippen molar-refractivity contribution in [1.82, 2.24) is 0 Å². The fraction of sp³-hybridized carbons (Fsp3) is 0.250. The summed E-state index contributed by atoms with van der Waals surface area (Å²) in [6.45, 7) is 4.05. The highest BCUT2D eigenvalue weighted by Gasteiger charge is 2.15. The Morgan fingerprint density at radius 3 is 2.06 bits per heavy atom. The molecule has 0 bridgehead atoms. The topological polar surface area (TPSA) is 40.5 Å². The molecule has 0 atom stereocenters. The minimum absolute atomic E-state index is 0.204. The summed E-state index contributed by atoms with van der Waals surface area (Å²) in [5.41, 5.74) is 3.41. The molecule has 0 unspecified atom stereocenters. The molecule has 0 aliphatic heterocycles. The van der Waals surface area contributed by atoms with Crippen LogP contribution in [0.5, 0.6) is 11.5 Å². The van der Waals surface area contributed by atoms with Gasteiger partial charge in [0.25, 0.3) is 0 Å². The van der Waals surface area contributed by atoms with Crippen molar-refractivity contribution in [2.45, 2.75) is 26.7 Å². The van der Waals surface area contributed by atoms with E-state index in [1.54, 1.807) is 12.1 Å². The second kappa shape index (κ2) is 5.13. The van der Waals surface area contributed by atoms with E-state index in [-0.39, 0.29) is 5.75 Å². The van der Waals surface area contributed by atoms with Gasteiger partial charge in [0, 0.05) is 11.1 Å². The molecule has 0 aliphatic rings. The normalized spacial score (nSPS) is 10.6. The van der Waals surface area contributed by atoms with Gasteiger partial charge in [0.1, 0.15) is 11.5 Å². The Kier molecular flexibility index (Phi) is 3.56. The highest BCUT2D eigenvalue weighted by molar-refractivity contribution is 5.79. The van der Waals surface area contributed by atoms with Crippen molar-refractivity contribution in [3.8, 4) is 22.6 Å². The smallest absolute Gasteiger partial charge is 0.126 e. The van der Waals surface area contributed by atoms with E-state index < -0.39 is 0 Å². The third-order valence-corrected chi connectivity index (χ3v) is 3.28. The lowest BCUT2D eigenvalue weighted by Gasteiger charge is -2.14. The van der Waals surface area contributed by atoms with E-state index in [0.717, 1.165) is 29.5 Å². The monoisotopic (exact) mass is 242 g/mol. The lowest BCUT2D eigenvalue weighted by Crippen LogP contribution is -1.93. The molecule has 0 heterocycles. The zero-order valence-electron chi connectivity index (χ0n) is 10.8. The van der Waals surface area contributed by atoms with Gasteiger partial charge in [-0.05, 0) is 30.0 Å². The quantitative estimate of drug-likeness (QED) is 0.857. The maximum Gasteiger partial charge on any atom is 0.126 e. The van der Waals surface area contributed by atoms with Crippen molar-refractivity contribution < 1.29 is 10.2 Å². The van der Waals surface area contributed by atoms with Crippen LogP contribution in [0.1, 0.15) is 25.0 Å². The van der Waals surface area contributed by atoms with E-state index in [4.69, 9.17) is 0 Å². The Labute approximate surface area is 108 Å². The van der Waals surface area contributed by atoms with E-state index >= 15 is 0 Å². The summed E-state index contributed by atoms with van der Waals surface area (Å²) in [6, 6.07) is 11.1.